The summed E-state index contributed by atoms with van der Waals surface area (Å²) >= 11 is 0. The minimum absolute atomic E-state index is 0.0259. The number of piperidine rings is 2. The van der Waals surface area contributed by atoms with Crippen molar-refractivity contribution >= 4 is 11.9 Å². The van der Waals surface area contributed by atoms with Crippen molar-refractivity contribution in [3.05, 3.63) is 36.8 Å². The van der Waals surface area contributed by atoms with E-state index in [1.165, 1.54) is 0 Å². The number of unbranched alkanes of at least 4 members (excludes halogenated alkanes) is 1. The Hall–Kier alpha value is -2.44. The molecule has 0 bridgehead atoms. The van der Waals surface area contributed by atoms with Crippen LogP contribution in [0.2, 0.25) is 0 Å². The smallest absolute Gasteiger partial charge is 0.223 e. The highest BCUT2D eigenvalue weighted by molar-refractivity contribution is 5.94. The number of aliphatic imine (C=N–C) groups is 2. The van der Waals surface area contributed by atoms with Gasteiger partial charge in [-0.25, -0.2) is 0 Å². The SMILES string of the molecule is C=C1CC(N(C)C(=NC)N=C(N)N(CCCC)C2CC(=C)N(C)C(C)(C)C2)CC(=C)N1C. The lowest BCUT2D eigenvalue weighted by atomic mass is 9.85. The van der Waals surface area contributed by atoms with Crippen LogP contribution in [-0.2, 0) is 0 Å². The van der Waals surface area contributed by atoms with Crippen LogP contribution in [0.25, 0.3) is 0 Å². The van der Waals surface area contributed by atoms with Crippen molar-refractivity contribution in [3.8, 4) is 0 Å². The molecule has 7 nitrogen and oxygen atoms in total. The molecule has 2 rings (SSSR count). The van der Waals surface area contributed by atoms with E-state index in [2.05, 4.69) is 72.1 Å². The van der Waals surface area contributed by atoms with Crippen molar-refractivity contribution in [2.24, 2.45) is 15.7 Å². The van der Waals surface area contributed by atoms with Crippen LogP contribution in [0.1, 0.15) is 59.3 Å². The summed E-state index contributed by atoms with van der Waals surface area (Å²) in [7, 11) is 7.96. The Morgan fingerprint density at radius 1 is 1.09 bits per heavy atom. The minimum atomic E-state index is 0.0259. The quantitative estimate of drug-likeness (QED) is 0.517. The van der Waals surface area contributed by atoms with Crippen molar-refractivity contribution in [2.75, 3.05) is 34.7 Å². The molecule has 7 heteroatoms. The molecule has 0 saturated carbocycles. The number of hydrogen-bond acceptors (Lipinski definition) is 3. The zero-order valence-corrected chi connectivity index (χ0v) is 21.5. The van der Waals surface area contributed by atoms with E-state index in [-0.39, 0.29) is 17.6 Å². The van der Waals surface area contributed by atoms with E-state index in [1.54, 1.807) is 7.05 Å². The highest BCUT2D eigenvalue weighted by atomic mass is 15.4. The van der Waals surface area contributed by atoms with E-state index in [0.717, 1.165) is 62.2 Å². The van der Waals surface area contributed by atoms with Gasteiger partial charge in [0.15, 0.2) is 5.96 Å². The third-order valence-electron chi connectivity index (χ3n) is 7.25. The molecule has 180 valence electrons. The Labute approximate surface area is 196 Å². The molecule has 0 aliphatic carbocycles. The van der Waals surface area contributed by atoms with E-state index >= 15 is 0 Å². The van der Waals surface area contributed by atoms with Crippen LogP contribution < -0.4 is 5.73 Å². The third kappa shape index (κ3) is 5.67. The molecule has 0 aromatic rings. The number of rotatable bonds is 5. The first-order valence-corrected chi connectivity index (χ1v) is 11.7. The molecule has 0 aromatic carbocycles. The minimum Gasteiger partial charge on any atom is -0.373 e. The van der Waals surface area contributed by atoms with Gasteiger partial charge in [0.25, 0.3) is 0 Å². The first-order chi connectivity index (χ1) is 14.9. The van der Waals surface area contributed by atoms with Crippen LogP contribution >= 0.6 is 0 Å². The zero-order chi connectivity index (χ0) is 24.2. The standard InChI is InChI=1S/C25H45N7/c1-11-12-13-32(22-16-20(4)31(10)25(5,6)17-22)23(26)28-24(27-7)30(9)21-14-18(2)29(8)19(3)15-21/h21-22H,2-4,11-17H2,1,5-10H3,(H2,26,27,28). The molecule has 1 unspecified atom stereocenters. The van der Waals surface area contributed by atoms with E-state index in [1.807, 2.05) is 14.1 Å². The van der Waals surface area contributed by atoms with Crippen LogP contribution in [0.4, 0.5) is 0 Å². The lowest BCUT2D eigenvalue weighted by Gasteiger charge is -2.49. The molecule has 2 aliphatic heterocycles. The average molecular weight is 444 g/mol. The molecule has 32 heavy (non-hydrogen) atoms. The molecule has 0 radical (unpaired) electrons. The topological polar surface area (TPSA) is 63.7 Å². The molecule has 1 atom stereocenters. The Morgan fingerprint density at radius 3 is 2.16 bits per heavy atom. The lowest BCUT2D eigenvalue weighted by Crippen LogP contribution is -2.55. The molecule has 0 spiro atoms. The molecule has 2 saturated heterocycles. The van der Waals surface area contributed by atoms with Gasteiger partial charge in [-0.3, -0.25) is 4.99 Å². The van der Waals surface area contributed by atoms with E-state index in [9.17, 15) is 0 Å². The van der Waals surface area contributed by atoms with Crippen molar-refractivity contribution in [1.82, 2.24) is 19.6 Å². The molecule has 2 aliphatic rings. The zero-order valence-electron chi connectivity index (χ0n) is 21.5. The predicted octanol–water partition coefficient (Wildman–Crippen LogP) is 3.83. The second kappa shape index (κ2) is 10.5. The van der Waals surface area contributed by atoms with Gasteiger partial charge in [0.2, 0.25) is 5.96 Å². The highest BCUT2D eigenvalue weighted by Gasteiger charge is 2.37. The predicted molar refractivity (Wildman–Crippen MR) is 137 cm³/mol. The summed E-state index contributed by atoms with van der Waals surface area (Å²) in [6, 6.07) is 0.489. The first-order valence-electron chi connectivity index (χ1n) is 11.7. The second-order valence-electron chi connectivity index (χ2n) is 9.90. The number of hydrogen-bond donors (Lipinski definition) is 1. The summed E-state index contributed by atoms with van der Waals surface area (Å²) in [5.41, 5.74) is 9.95. The Morgan fingerprint density at radius 2 is 1.66 bits per heavy atom. The summed E-state index contributed by atoms with van der Waals surface area (Å²) in [6.45, 7) is 20.3. The molecular formula is C25H45N7. The normalized spacial score (nSPS) is 23.1. The maximum absolute atomic E-state index is 6.66. The van der Waals surface area contributed by atoms with Crippen LogP contribution in [0, 0.1) is 0 Å². The number of guanidine groups is 2. The summed E-state index contributed by atoms with van der Waals surface area (Å²) in [6.07, 6.45) is 5.77. The van der Waals surface area contributed by atoms with Crippen LogP contribution in [0.15, 0.2) is 46.8 Å². The van der Waals surface area contributed by atoms with Gasteiger partial charge < -0.3 is 25.3 Å². The van der Waals surface area contributed by atoms with E-state index in [4.69, 9.17) is 10.7 Å². The largest absolute Gasteiger partial charge is 0.373 e. The number of likely N-dealkylation sites (tertiary alicyclic amines) is 2. The Kier molecular flexibility index (Phi) is 8.43. The maximum Gasteiger partial charge on any atom is 0.223 e. The summed E-state index contributed by atoms with van der Waals surface area (Å²) in [4.78, 5) is 18.1. The molecule has 2 N–H and O–H groups in total. The molecular weight excluding hydrogens is 398 g/mol. The molecule has 0 amide bonds. The fourth-order valence-electron chi connectivity index (χ4n) is 4.66. The molecule has 2 heterocycles. The van der Waals surface area contributed by atoms with Gasteiger partial charge in [-0.1, -0.05) is 33.1 Å². The summed E-state index contributed by atoms with van der Waals surface area (Å²) in [5.74, 6) is 1.18. The van der Waals surface area contributed by atoms with Gasteiger partial charge in [-0.05, 0) is 26.7 Å². The van der Waals surface area contributed by atoms with E-state index in [0.29, 0.717) is 11.9 Å². The van der Waals surface area contributed by atoms with Crippen LogP contribution in [0.5, 0.6) is 0 Å². The lowest BCUT2D eigenvalue weighted by molar-refractivity contribution is 0.0961. The fourth-order valence-corrected chi connectivity index (χ4v) is 4.66. The first kappa shape index (κ1) is 25.8. The van der Waals surface area contributed by atoms with E-state index < -0.39 is 0 Å². The third-order valence-corrected chi connectivity index (χ3v) is 7.25. The van der Waals surface area contributed by atoms with Gasteiger partial charge in [0.05, 0.1) is 0 Å². The van der Waals surface area contributed by atoms with Crippen molar-refractivity contribution in [3.63, 3.8) is 0 Å². The molecule has 0 aromatic heterocycles. The van der Waals surface area contributed by atoms with Gasteiger partial charge in [-0.15, -0.1) is 0 Å². The average Bonchev–Trinajstić information content (AvgIpc) is 2.73. The van der Waals surface area contributed by atoms with Gasteiger partial charge in [0, 0.05) is 88.7 Å². The number of nitrogens with zero attached hydrogens (tertiary/aromatic N) is 6. The Balaban J connectivity index is 2.26. The van der Waals surface area contributed by atoms with Crippen molar-refractivity contribution < 1.29 is 0 Å². The van der Waals surface area contributed by atoms with Crippen LogP contribution in [-0.4, -0.2) is 83.9 Å². The van der Waals surface area contributed by atoms with Crippen LogP contribution in [0.3, 0.4) is 0 Å². The monoisotopic (exact) mass is 443 g/mol. The van der Waals surface area contributed by atoms with Gasteiger partial charge in [-0.2, -0.15) is 4.99 Å². The summed E-state index contributed by atoms with van der Waals surface area (Å²) in [5, 5.41) is 0. The fraction of sp³-hybridized carbons (Fsp3) is 0.680. The number of nitrogens with two attached hydrogens (primary N) is 1. The molecule has 2 fully saturated rings. The van der Waals surface area contributed by atoms with Gasteiger partial charge >= 0.3 is 0 Å². The second-order valence-corrected chi connectivity index (χ2v) is 9.90. The summed E-state index contributed by atoms with van der Waals surface area (Å²) < 4.78 is 0. The van der Waals surface area contributed by atoms with Crippen molar-refractivity contribution in [2.45, 2.75) is 76.9 Å². The highest BCUT2D eigenvalue weighted by Crippen LogP contribution is 2.34. The van der Waals surface area contributed by atoms with Crippen molar-refractivity contribution in [1.29, 1.82) is 0 Å². The Bertz CT molecular complexity index is 761. The van der Waals surface area contributed by atoms with Gasteiger partial charge in [0.1, 0.15) is 0 Å². The maximum atomic E-state index is 6.66.